The minimum absolute atomic E-state index is 0.380. The van der Waals surface area contributed by atoms with Crippen LogP contribution < -0.4 is 24.4 Å². The molecule has 0 aliphatic heterocycles. The van der Waals surface area contributed by atoms with E-state index in [9.17, 15) is 5.26 Å². The zero-order chi connectivity index (χ0) is 22.7. The van der Waals surface area contributed by atoms with Crippen molar-refractivity contribution >= 4 is 12.0 Å². The van der Waals surface area contributed by atoms with Gasteiger partial charge in [-0.1, -0.05) is 0 Å². The number of pyridine rings is 1. The van der Waals surface area contributed by atoms with Gasteiger partial charge in [0.15, 0.2) is 28.8 Å². The number of rotatable bonds is 7. The van der Waals surface area contributed by atoms with Gasteiger partial charge in [0.25, 0.3) is 0 Å². The minimum atomic E-state index is 0.380. The molecule has 1 aromatic heterocycles. The monoisotopic (exact) mass is 430 g/mol. The Morgan fingerprint density at radius 3 is 2.31 bits per heavy atom. The predicted molar refractivity (Wildman–Crippen MR) is 121 cm³/mol. The lowest BCUT2D eigenvalue weighted by Gasteiger charge is -2.12. The van der Waals surface area contributed by atoms with Crippen molar-refractivity contribution in [3.8, 4) is 40.2 Å². The molecule has 8 nitrogen and oxygen atoms in total. The third kappa shape index (κ3) is 3.65. The van der Waals surface area contributed by atoms with Crippen molar-refractivity contribution < 1.29 is 18.9 Å². The summed E-state index contributed by atoms with van der Waals surface area (Å²) >= 11 is 0. The summed E-state index contributed by atoms with van der Waals surface area (Å²) in [6.07, 6.45) is 4.06. The fraction of sp³-hybridized carbons (Fsp3) is 0.208. The highest BCUT2D eigenvalue weighted by Gasteiger charge is 2.26. The van der Waals surface area contributed by atoms with Crippen LogP contribution in [0, 0.1) is 11.3 Å². The normalized spacial score (nSPS) is 11.5. The summed E-state index contributed by atoms with van der Waals surface area (Å²) in [6.45, 7) is 0. The van der Waals surface area contributed by atoms with Crippen molar-refractivity contribution in [2.24, 2.45) is 5.10 Å². The summed E-state index contributed by atoms with van der Waals surface area (Å²) in [7, 11) is 6.35. The first kappa shape index (κ1) is 21.0. The second kappa shape index (κ2) is 8.86. The summed E-state index contributed by atoms with van der Waals surface area (Å²) in [4.78, 5) is 4.43. The maximum atomic E-state index is 9.91. The average Bonchev–Trinajstić information content (AvgIpc) is 3.20. The number of ether oxygens (including phenoxy) is 4. The molecule has 1 heterocycles. The van der Waals surface area contributed by atoms with Crippen LogP contribution in [0.5, 0.6) is 23.0 Å². The van der Waals surface area contributed by atoms with Crippen molar-refractivity contribution in [3.05, 3.63) is 58.8 Å². The topological polar surface area (TPSA) is 98.0 Å². The number of hydrogen-bond donors (Lipinski definition) is 1. The van der Waals surface area contributed by atoms with E-state index < -0.39 is 0 Å². The molecule has 0 unspecified atom stereocenters. The smallest absolute Gasteiger partial charge is 0.164 e. The molecule has 3 aromatic rings. The largest absolute Gasteiger partial charge is 0.493 e. The molecule has 0 saturated carbocycles. The number of benzene rings is 2. The number of anilines is 1. The number of nitriles is 1. The van der Waals surface area contributed by atoms with Gasteiger partial charge in [0.05, 0.1) is 34.7 Å². The molecular weight excluding hydrogens is 408 g/mol. The summed E-state index contributed by atoms with van der Waals surface area (Å²) in [5.41, 5.74) is 7.93. The highest BCUT2D eigenvalue weighted by atomic mass is 16.5. The van der Waals surface area contributed by atoms with Crippen LogP contribution in [-0.4, -0.2) is 39.6 Å². The Morgan fingerprint density at radius 1 is 0.938 bits per heavy atom. The van der Waals surface area contributed by atoms with E-state index in [0.717, 1.165) is 27.8 Å². The zero-order valence-corrected chi connectivity index (χ0v) is 18.2. The van der Waals surface area contributed by atoms with E-state index in [1.807, 2.05) is 18.2 Å². The summed E-state index contributed by atoms with van der Waals surface area (Å²) in [6, 6.07) is 11.6. The number of hydrazone groups is 1. The van der Waals surface area contributed by atoms with Gasteiger partial charge >= 0.3 is 0 Å². The van der Waals surface area contributed by atoms with Crippen LogP contribution in [0.3, 0.4) is 0 Å². The third-order valence-electron chi connectivity index (χ3n) is 5.32. The van der Waals surface area contributed by atoms with Crippen LogP contribution in [0.25, 0.3) is 11.1 Å². The predicted octanol–water partition coefficient (Wildman–Crippen LogP) is 4.00. The second-order valence-electron chi connectivity index (χ2n) is 7.02. The molecule has 1 aliphatic rings. The quantitative estimate of drug-likeness (QED) is 0.349. The van der Waals surface area contributed by atoms with Gasteiger partial charge in [-0.25, -0.2) is 4.98 Å². The Morgan fingerprint density at radius 2 is 1.62 bits per heavy atom. The van der Waals surface area contributed by atoms with Crippen LogP contribution >= 0.6 is 0 Å². The first-order valence-corrected chi connectivity index (χ1v) is 9.81. The van der Waals surface area contributed by atoms with Crippen molar-refractivity contribution in [3.63, 3.8) is 0 Å². The Balaban J connectivity index is 1.66. The first-order chi connectivity index (χ1) is 15.6. The summed E-state index contributed by atoms with van der Waals surface area (Å²) < 4.78 is 21.4. The van der Waals surface area contributed by atoms with Crippen molar-refractivity contribution in [1.29, 1.82) is 5.26 Å². The Hall–Kier alpha value is -4.25. The average molecular weight is 430 g/mol. The van der Waals surface area contributed by atoms with E-state index in [4.69, 9.17) is 18.9 Å². The Kier molecular flexibility index (Phi) is 5.81. The number of fused-ring (bicyclic) bond motifs is 3. The molecule has 8 heteroatoms. The van der Waals surface area contributed by atoms with Crippen LogP contribution in [0.2, 0.25) is 0 Å². The van der Waals surface area contributed by atoms with Crippen LogP contribution in [0.1, 0.15) is 22.3 Å². The third-order valence-corrected chi connectivity index (χ3v) is 5.32. The van der Waals surface area contributed by atoms with E-state index in [-0.39, 0.29) is 0 Å². The second-order valence-corrected chi connectivity index (χ2v) is 7.02. The number of nitrogens with zero attached hydrogens (tertiary/aromatic N) is 3. The number of aromatic nitrogens is 1. The van der Waals surface area contributed by atoms with Crippen molar-refractivity contribution in [2.75, 3.05) is 33.9 Å². The van der Waals surface area contributed by atoms with Crippen LogP contribution in [0.15, 0.2) is 41.6 Å². The van der Waals surface area contributed by atoms with E-state index >= 15 is 0 Å². The van der Waals surface area contributed by atoms with Crippen LogP contribution in [0.4, 0.5) is 5.82 Å². The number of nitrogens with one attached hydrogen (secondary N) is 1. The van der Waals surface area contributed by atoms with E-state index in [1.165, 1.54) is 0 Å². The standard InChI is InChI=1S/C24H22N4O4/c1-29-19-6-5-14(7-20(19)30-2)12-27-28-24-18(11-25)23-16(13-26-24)8-15-9-21(31-3)22(32-4)10-17(15)23/h5-7,9-10,12-13H,8H2,1-4H3,(H,26,28)/b27-12-. The molecule has 162 valence electrons. The highest BCUT2D eigenvalue weighted by molar-refractivity contribution is 5.87. The molecule has 0 saturated heterocycles. The van der Waals surface area contributed by atoms with Gasteiger partial charge in [-0.2, -0.15) is 10.4 Å². The molecule has 0 bridgehead atoms. The fourth-order valence-corrected chi connectivity index (χ4v) is 3.79. The Labute approximate surface area is 186 Å². The van der Waals surface area contributed by atoms with E-state index in [2.05, 4.69) is 21.6 Å². The molecule has 0 atom stereocenters. The van der Waals surface area contributed by atoms with Gasteiger partial charge in [-0.05, 0) is 52.6 Å². The molecule has 2 aromatic carbocycles. The lowest BCUT2D eigenvalue weighted by molar-refractivity contribution is 0.355. The minimum Gasteiger partial charge on any atom is -0.493 e. The molecule has 0 fully saturated rings. The zero-order valence-electron chi connectivity index (χ0n) is 18.2. The molecule has 1 N–H and O–H groups in total. The van der Waals surface area contributed by atoms with Crippen molar-refractivity contribution in [2.45, 2.75) is 6.42 Å². The molecule has 32 heavy (non-hydrogen) atoms. The highest BCUT2D eigenvalue weighted by Crippen LogP contribution is 2.45. The maximum Gasteiger partial charge on any atom is 0.164 e. The van der Waals surface area contributed by atoms with Gasteiger partial charge in [0.2, 0.25) is 0 Å². The van der Waals surface area contributed by atoms with Gasteiger partial charge in [0.1, 0.15) is 11.6 Å². The van der Waals surface area contributed by atoms with Gasteiger partial charge in [-0.15, -0.1) is 0 Å². The lowest BCUT2D eigenvalue weighted by Crippen LogP contribution is -2.00. The summed E-state index contributed by atoms with van der Waals surface area (Å²) in [5.74, 6) is 2.89. The van der Waals surface area contributed by atoms with Crippen molar-refractivity contribution in [1.82, 2.24) is 4.98 Å². The molecule has 4 rings (SSSR count). The SMILES string of the molecule is COc1ccc(/C=N\Nc2ncc3c(c2C#N)-c2cc(OC)c(OC)cc2C3)cc1OC. The van der Waals surface area contributed by atoms with E-state index in [1.54, 1.807) is 53.0 Å². The molecule has 0 amide bonds. The van der Waals surface area contributed by atoms with Gasteiger partial charge in [0, 0.05) is 18.2 Å². The molecule has 0 spiro atoms. The molecule has 1 aliphatic carbocycles. The maximum absolute atomic E-state index is 9.91. The number of methoxy groups -OCH3 is 4. The summed E-state index contributed by atoms with van der Waals surface area (Å²) in [5, 5.41) is 14.2. The van der Waals surface area contributed by atoms with Gasteiger partial charge in [-0.3, -0.25) is 5.43 Å². The fourth-order valence-electron chi connectivity index (χ4n) is 3.79. The molecule has 0 radical (unpaired) electrons. The first-order valence-electron chi connectivity index (χ1n) is 9.81. The molecular formula is C24H22N4O4. The van der Waals surface area contributed by atoms with Crippen LogP contribution in [-0.2, 0) is 6.42 Å². The Bertz CT molecular complexity index is 1250. The van der Waals surface area contributed by atoms with E-state index in [0.29, 0.717) is 40.8 Å². The number of hydrogen-bond acceptors (Lipinski definition) is 8. The lowest BCUT2D eigenvalue weighted by atomic mass is 10.0. The van der Waals surface area contributed by atoms with Gasteiger partial charge < -0.3 is 18.9 Å².